The molecule has 0 aromatic heterocycles. The van der Waals surface area contributed by atoms with E-state index in [1.165, 1.54) is 25.7 Å². The van der Waals surface area contributed by atoms with Crippen LogP contribution in [0.2, 0.25) is 0 Å². The van der Waals surface area contributed by atoms with Gasteiger partial charge in [0.2, 0.25) is 0 Å². The molecule has 1 aromatic rings. The van der Waals surface area contributed by atoms with Gasteiger partial charge in [0.15, 0.2) is 0 Å². The summed E-state index contributed by atoms with van der Waals surface area (Å²) < 4.78 is 5.26. The van der Waals surface area contributed by atoms with Gasteiger partial charge in [0, 0.05) is 18.3 Å². The molecule has 1 aromatic carbocycles. The average molecular weight is 318 g/mol. The minimum Gasteiger partial charge on any atom is -0.444 e. The lowest BCUT2D eigenvalue weighted by molar-refractivity contribution is 0.0523. The van der Waals surface area contributed by atoms with Crippen molar-refractivity contribution in [3.8, 4) is 0 Å². The Hall–Kier alpha value is -1.71. The molecule has 4 heteroatoms. The first kappa shape index (κ1) is 17.6. The molecule has 2 atom stereocenters. The summed E-state index contributed by atoms with van der Waals surface area (Å²) in [5.74, 6) is 0.804. The van der Waals surface area contributed by atoms with Crippen LogP contribution in [0.25, 0.3) is 0 Å². The Labute approximate surface area is 140 Å². The molecule has 1 aliphatic carbocycles. The summed E-state index contributed by atoms with van der Waals surface area (Å²) in [5.41, 5.74) is 1.74. The Morgan fingerprint density at radius 1 is 1.30 bits per heavy atom. The molecular weight excluding hydrogens is 288 g/mol. The fourth-order valence-electron chi connectivity index (χ4n) is 3.06. The van der Waals surface area contributed by atoms with Crippen LogP contribution in [0.4, 0.5) is 10.5 Å². The largest absolute Gasteiger partial charge is 0.444 e. The summed E-state index contributed by atoms with van der Waals surface area (Å²) in [6.45, 7) is 8.40. The summed E-state index contributed by atoms with van der Waals surface area (Å²) >= 11 is 0. The second-order valence-electron chi connectivity index (χ2n) is 7.67. The zero-order chi connectivity index (χ0) is 16.9. The van der Waals surface area contributed by atoms with Crippen molar-refractivity contribution in [1.29, 1.82) is 0 Å². The number of rotatable bonds is 4. The highest BCUT2D eigenvalue weighted by molar-refractivity contribution is 5.67. The van der Waals surface area contributed by atoms with E-state index in [4.69, 9.17) is 4.74 Å². The molecule has 4 nitrogen and oxygen atoms in total. The van der Waals surface area contributed by atoms with E-state index in [2.05, 4.69) is 29.7 Å². The summed E-state index contributed by atoms with van der Waals surface area (Å²) in [6, 6.07) is 8.81. The SMILES string of the molecule is CC1CCCC(Nc2cccc(CNC(=O)OC(C)(C)C)c2)C1. The van der Waals surface area contributed by atoms with Gasteiger partial charge in [0.25, 0.3) is 0 Å². The van der Waals surface area contributed by atoms with E-state index in [0.717, 1.165) is 17.2 Å². The van der Waals surface area contributed by atoms with Gasteiger partial charge in [-0.25, -0.2) is 4.79 Å². The second kappa shape index (κ2) is 7.71. The molecule has 0 saturated heterocycles. The normalized spacial score (nSPS) is 21.6. The molecule has 1 saturated carbocycles. The Kier molecular flexibility index (Phi) is 5.91. The quantitative estimate of drug-likeness (QED) is 0.846. The van der Waals surface area contributed by atoms with Crippen LogP contribution in [0.5, 0.6) is 0 Å². The van der Waals surface area contributed by atoms with Gasteiger partial charge >= 0.3 is 6.09 Å². The van der Waals surface area contributed by atoms with Crippen LogP contribution in [0.15, 0.2) is 24.3 Å². The van der Waals surface area contributed by atoms with Crippen molar-refractivity contribution in [2.75, 3.05) is 5.32 Å². The van der Waals surface area contributed by atoms with Crippen molar-refractivity contribution >= 4 is 11.8 Å². The molecule has 2 unspecified atom stereocenters. The number of anilines is 1. The summed E-state index contributed by atoms with van der Waals surface area (Å²) in [5, 5.41) is 6.44. The van der Waals surface area contributed by atoms with Gasteiger partial charge in [-0.15, -0.1) is 0 Å². The molecule has 1 fully saturated rings. The van der Waals surface area contributed by atoms with Gasteiger partial charge in [0.1, 0.15) is 5.60 Å². The number of benzene rings is 1. The lowest BCUT2D eigenvalue weighted by Crippen LogP contribution is -2.32. The van der Waals surface area contributed by atoms with Crippen LogP contribution in [0, 0.1) is 5.92 Å². The predicted octanol–water partition coefficient (Wildman–Crippen LogP) is 4.70. The first-order valence-electron chi connectivity index (χ1n) is 8.64. The van der Waals surface area contributed by atoms with E-state index >= 15 is 0 Å². The molecule has 0 radical (unpaired) electrons. The zero-order valence-electron chi connectivity index (χ0n) is 14.8. The average Bonchev–Trinajstić information content (AvgIpc) is 2.44. The smallest absolute Gasteiger partial charge is 0.407 e. The van der Waals surface area contributed by atoms with E-state index in [9.17, 15) is 4.79 Å². The fraction of sp³-hybridized carbons (Fsp3) is 0.632. The van der Waals surface area contributed by atoms with Crippen LogP contribution in [-0.2, 0) is 11.3 Å². The molecule has 1 amide bonds. The highest BCUT2D eigenvalue weighted by Gasteiger charge is 2.19. The number of carbonyl (C=O) groups is 1. The number of carbonyl (C=O) groups excluding carboxylic acids is 1. The van der Waals surface area contributed by atoms with E-state index in [1.54, 1.807) is 0 Å². The van der Waals surface area contributed by atoms with Gasteiger partial charge in [-0.1, -0.05) is 31.9 Å². The van der Waals surface area contributed by atoms with Crippen molar-refractivity contribution in [1.82, 2.24) is 5.32 Å². The molecule has 0 bridgehead atoms. The Bertz CT molecular complexity index is 522. The zero-order valence-corrected chi connectivity index (χ0v) is 14.8. The maximum atomic E-state index is 11.7. The molecule has 0 heterocycles. The van der Waals surface area contributed by atoms with E-state index in [0.29, 0.717) is 12.6 Å². The molecule has 1 aliphatic rings. The lowest BCUT2D eigenvalue weighted by Gasteiger charge is -2.28. The summed E-state index contributed by atoms with van der Waals surface area (Å²) in [6.07, 6.45) is 4.75. The van der Waals surface area contributed by atoms with Gasteiger partial charge < -0.3 is 15.4 Å². The van der Waals surface area contributed by atoms with E-state index in [-0.39, 0.29) is 6.09 Å². The van der Waals surface area contributed by atoms with Crippen LogP contribution in [0.3, 0.4) is 0 Å². The van der Waals surface area contributed by atoms with E-state index < -0.39 is 5.60 Å². The second-order valence-corrected chi connectivity index (χ2v) is 7.67. The maximum absolute atomic E-state index is 11.7. The fourth-order valence-corrected chi connectivity index (χ4v) is 3.06. The van der Waals surface area contributed by atoms with Crippen molar-refractivity contribution in [3.05, 3.63) is 29.8 Å². The third-order valence-corrected chi connectivity index (χ3v) is 4.07. The topological polar surface area (TPSA) is 50.4 Å². The monoisotopic (exact) mass is 318 g/mol. The Morgan fingerprint density at radius 3 is 2.78 bits per heavy atom. The van der Waals surface area contributed by atoms with Crippen molar-refractivity contribution < 1.29 is 9.53 Å². The number of amides is 1. The van der Waals surface area contributed by atoms with Gasteiger partial charge in [-0.2, -0.15) is 0 Å². The molecule has 0 spiro atoms. The van der Waals surface area contributed by atoms with Crippen molar-refractivity contribution in [2.45, 2.75) is 71.6 Å². The van der Waals surface area contributed by atoms with Gasteiger partial charge in [0.05, 0.1) is 0 Å². The van der Waals surface area contributed by atoms with Crippen LogP contribution in [0.1, 0.15) is 58.9 Å². The standard InChI is InChI=1S/C19H30N2O2/c1-14-7-5-9-16(11-14)21-17-10-6-8-15(12-17)13-20-18(22)23-19(2,3)4/h6,8,10,12,14,16,21H,5,7,9,11,13H2,1-4H3,(H,20,22). The Balaban J connectivity index is 1.86. The van der Waals surface area contributed by atoms with Crippen LogP contribution in [-0.4, -0.2) is 17.7 Å². The molecule has 128 valence electrons. The molecule has 0 aliphatic heterocycles. The number of hydrogen-bond acceptors (Lipinski definition) is 3. The number of nitrogens with one attached hydrogen (secondary N) is 2. The third kappa shape index (κ3) is 6.51. The first-order chi connectivity index (χ1) is 10.8. The number of ether oxygens (including phenoxy) is 1. The predicted molar refractivity (Wildman–Crippen MR) is 94.6 cm³/mol. The lowest BCUT2D eigenvalue weighted by atomic mass is 9.87. The third-order valence-electron chi connectivity index (χ3n) is 4.07. The first-order valence-corrected chi connectivity index (χ1v) is 8.64. The molecule has 2 rings (SSSR count). The molecule has 23 heavy (non-hydrogen) atoms. The maximum Gasteiger partial charge on any atom is 0.407 e. The molecular formula is C19H30N2O2. The van der Waals surface area contributed by atoms with Gasteiger partial charge in [-0.3, -0.25) is 0 Å². The van der Waals surface area contributed by atoms with Crippen molar-refractivity contribution in [2.24, 2.45) is 5.92 Å². The van der Waals surface area contributed by atoms with E-state index in [1.807, 2.05) is 32.9 Å². The summed E-state index contributed by atoms with van der Waals surface area (Å²) in [7, 11) is 0. The summed E-state index contributed by atoms with van der Waals surface area (Å²) in [4.78, 5) is 11.7. The number of hydrogen-bond donors (Lipinski definition) is 2. The van der Waals surface area contributed by atoms with Crippen LogP contribution >= 0.6 is 0 Å². The molecule has 2 N–H and O–H groups in total. The minimum atomic E-state index is -0.467. The minimum absolute atomic E-state index is 0.378. The highest BCUT2D eigenvalue weighted by Crippen LogP contribution is 2.26. The Morgan fingerprint density at radius 2 is 2.09 bits per heavy atom. The number of alkyl carbamates (subject to hydrolysis) is 1. The highest BCUT2D eigenvalue weighted by atomic mass is 16.6. The van der Waals surface area contributed by atoms with Gasteiger partial charge in [-0.05, 0) is 57.2 Å². The van der Waals surface area contributed by atoms with Crippen molar-refractivity contribution in [3.63, 3.8) is 0 Å². The van der Waals surface area contributed by atoms with Crippen LogP contribution < -0.4 is 10.6 Å².